The fourth-order valence-corrected chi connectivity index (χ4v) is 2.33. The number of rotatable bonds is 3. The zero-order valence-corrected chi connectivity index (χ0v) is 11.6. The molecule has 2 aromatic carbocycles. The van der Waals surface area contributed by atoms with Gasteiger partial charge in [-0.3, -0.25) is 0 Å². The molecule has 2 nitrogen and oxygen atoms in total. The Morgan fingerprint density at radius 1 is 1.16 bits per heavy atom. The molecule has 1 aliphatic rings. The summed E-state index contributed by atoms with van der Waals surface area (Å²) >= 11 is 6.08. The van der Waals surface area contributed by atoms with E-state index in [-0.39, 0.29) is 6.10 Å². The van der Waals surface area contributed by atoms with Crippen molar-refractivity contribution >= 4 is 11.6 Å². The second-order valence-corrected chi connectivity index (χ2v) is 5.34. The average molecular weight is 274 g/mol. The lowest BCUT2D eigenvalue weighted by atomic mass is 10.0. The Bertz CT molecular complexity index is 593. The van der Waals surface area contributed by atoms with Crippen LogP contribution in [0.5, 0.6) is 5.75 Å². The molecule has 0 saturated carbocycles. The molecule has 0 unspecified atom stereocenters. The quantitative estimate of drug-likeness (QED) is 0.921. The van der Waals surface area contributed by atoms with Gasteiger partial charge in [0.2, 0.25) is 0 Å². The third-order valence-corrected chi connectivity index (χ3v) is 3.55. The van der Waals surface area contributed by atoms with E-state index in [2.05, 4.69) is 36.5 Å². The number of ether oxygens (including phenoxy) is 1. The highest BCUT2D eigenvalue weighted by Gasteiger charge is 2.20. The summed E-state index contributed by atoms with van der Waals surface area (Å²) in [5.74, 6) is 0.865. The van der Waals surface area contributed by atoms with Crippen molar-refractivity contribution in [3.8, 4) is 16.9 Å². The van der Waals surface area contributed by atoms with Gasteiger partial charge in [-0.2, -0.15) is 0 Å². The number of benzene rings is 2. The molecule has 0 aromatic heterocycles. The van der Waals surface area contributed by atoms with Crippen LogP contribution in [0.25, 0.3) is 11.1 Å². The minimum Gasteiger partial charge on any atom is -0.487 e. The van der Waals surface area contributed by atoms with Crippen LogP contribution in [-0.4, -0.2) is 19.2 Å². The van der Waals surface area contributed by atoms with E-state index < -0.39 is 0 Å². The largest absolute Gasteiger partial charge is 0.487 e. The lowest BCUT2D eigenvalue weighted by Gasteiger charge is -2.29. The van der Waals surface area contributed by atoms with Crippen LogP contribution < -0.4 is 10.1 Å². The summed E-state index contributed by atoms with van der Waals surface area (Å²) in [6, 6.07) is 14.3. The molecule has 1 aliphatic heterocycles. The number of hydrogen-bond acceptors (Lipinski definition) is 2. The topological polar surface area (TPSA) is 21.3 Å². The molecule has 1 fully saturated rings. The van der Waals surface area contributed by atoms with Crippen molar-refractivity contribution in [1.82, 2.24) is 5.32 Å². The van der Waals surface area contributed by atoms with Crippen molar-refractivity contribution in [2.24, 2.45) is 0 Å². The second-order valence-electron chi connectivity index (χ2n) is 4.91. The predicted molar refractivity (Wildman–Crippen MR) is 78.9 cm³/mol. The van der Waals surface area contributed by atoms with Gasteiger partial charge >= 0.3 is 0 Å². The molecular weight excluding hydrogens is 258 g/mol. The Kier molecular flexibility index (Phi) is 3.45. The van der Waals surface area contributed by atoms with Gasteiger partial charge in [0.15, 0.2) is 0 Å². The normalized spacial score (nSPS) is 15.1. The molecule has 0 spiro atoms. The zero-order valence-electron chi connectivity index (χ0n) is 10.8. The molecule has 0 aliphatic carbocycles. The molecule has 1 N–H and O–H groups in total. The lowest BCUT2D eigenvalue weighted by molar-refractivity contribution is 0.143. The maximum absolute atomic E-state index is 6.08. The van der Waals surface area contributed by atoms with E-state index >= 15 is 0 Å². The highest BCUT2D eigenvalue weighted by atomic mass is 35.5. The first-order valence-corrected chi connectivity index (χ1v) is 6.84. The molecule has 0 amide bonds. The van der Waals surface area contributed by atoms with Crippen molar-refractivity contribution in [3.05, 3.63) is 53.1 Å². The first kappa shape index (κ1) is 12.5. The monoisotopic (exact) mass is 273 g/mol. The van der Waals surface area contributed by atoms with E-state index in [1.54, 1.807) is 0 Å². The van der Waals surface area contributed by atoms with Gasteiger partial charge in [-0.25, -0.2) is 0 Å². The molecule has 19 heavy (non-hydrogen) atoms. The van der Waals surface area contributed by atoms with Gasteiger partial charge < -0.3 is 10.1 Å². The maximum atomic E-state index is 6.08. The Balaban J connectivity index is 1.99. The highest BCUT2D eigenvalue weighted by molar-refractivity contribution is 6.30. The number of aryl methyl sites for hydroxylation is 1. The fourth-order valence-electron chi connectivity index (χ4n) is 2.17. The first-order chi connectivity index (χ1) is 9.22. The Morgan fingerprint density at radius 3 is 2.68 bits per heavy atom. The van der Waals surface area contributed by atoms with Crippen molar-refractivity contribution in [2.75, 3.05) is 13.1 Å². The summed E-state index contributed by atoms with van der Waals surface area (Å²) < 4.78 is 6.01. The van der Waals surface area contributed by atoms with Crippen molar-refractivity contribution in [1.29, 1.82) is 0 Å². The van der Waals surface area contributed by atoms with Crippen LogP contribution in [0.3, 0.4) is 0 Å². The number of nitrogens with one attached hydrogen (secondary N) is 1. The molecule has 3 rings (SSSR count). The second kappa shape index (κ2) is 5.24. The van der Waals surface area contributed by atoms with Crippen molar-refractivity contribution in [2.45, 2.75) is 13.0 Å². The van der Waals surface area contributed by atoms with Crippen LogP contribution in [0, 0.1) is 6.92 Å². The highest BCUT2D eigenvalue weighted by Crippen LogP contribution is 2.33. The van der Waals surface area contributed by atoms with Crippen LogP contribution in [0.15, 0.2) is 42.5 Å². The summed E-state index contributed by atoms with van der Waals surface area (Å²) in [5.41, 5.74) is 3.50. The number of halogens is 1. The fraction of sp³-hybridized carbons (Fsp3) is 0.250. The molecule has 0 radical (unpaired) electrons. The standard InChI is InChI=1S/C16H16ClNO/c1-11-3-2-4-12(7-11)15-6-5-13(17)8-16(15)19-14-9-18-10-14/h2-8,14,18H,9-10H2,1H3. The van der Waals surface area contributed by atoms with Crippen LogP contribution in [0.1, 0.15) is 5.56 Å². The van der Waals surface area contributed by atoms with E-state index in [9.17, 15) is 0 Å². The SMILES string of the molecule is Cc1cccc(-c2ccc(Cl)cc2OC2CNC2)c1. The van der Waals surface area contributed by atoms with Crippen LogP contribution in [0.2, 0.25) is 5.02 Å². The van der Waals surface area contributed by atoms with Crippen LogP contribution in [0.4, 0.5) is 0 Å². The molecule has 0 atom stereocenters. The van der Waals surface area contributed by atoms with E-state index in [0.717, 1.165) is 24.4 Å². The minimum absolute atomic E-state index is 0.252. The van der Waals surface area contributed by atoms with Gasteiger partial charge in [0, 0.05) is 23.7 Å². The summed E-state index contributed by atoms with van der Waals surface area (Å²) in [7, 11) is 0. The third-order valence-electron chi connectivity index (χ3n) is 3.31. The predicted octanol–water partition coefficient (Wildman–Crippen LogP) is 3.67. The average Bonchev–Trinajstić information content (AvgIpc) is 2.34. The van der Waals surface area contributed by atoms with Crippen molar-refractivity contribution < 1.29 is 4.74 Å². The molecule has 2 aromatic rings. The molecule has 3 heteroatoms. The van der Waals surface area contributed by atoms with Crippen LogP contribution in [-0.2, 0) is 0 Å². The van der Waals surface area contributed by atoms with Gasteiger partial charge in [0.05, 0.1) is 0 Å². The van der Waals surface area contributed by atoms with E-state index in [0.29, 0.717) is 5.02 Å². The number of hydrogen-bond donors (Lipinski definition) is 1. The third kappa shape index (κ3) is 2.75. The van der Waals surface area contributed by atoms with E-state index in [4.69, 9.17) is 16.3 Å². The molecule has 0 bridgehead atoms. The molecule has 1 saturated heterocycles. The molecular formula is C16H16ClNO. The van der Waals surface area contributed by atoms with Gasteiger partial charge in [0.25, 0.3) is 0 Å². The minimum atomic E-state index is 0.252. The lowest BCUT2D eigenvalue weighted by Crippen LogP contribution is -2.50. The first-order valence-electron chi connectivity index (χ1n) is 6.46. The Labute approximate surface area is 118 Å². The Hall–Kier alpha value is -1.51. The zero-order chi connectivity index (χ0) is 13.2. The van der Waals surface area contributed by atoms with Gasteiger partial charge in [-0.1, -0.05) is 41.4 Å². The molecule has 1 heterocycles. The van der Waals surface area contributed by atoms with E-state index in [1.165, 1.54) is 11.1 Å². The van der Waals surface area contributed by atoms with Gasteiger partial charge in [-0.05, 0) is 30.7 Å². The molecule has 98 valence electrons. The van der Waals surface area contributed by atoms with Crippen LogP contribution >= 0.6 is 11.6 Å². The summed E-state index contributed by atoms with van der Waals surface area (Å²) in [5, 5.41) is 3.91. The summed E-state index contributed by atoms with van der Waals surface area (Å²) in [6.07, 6.45) is 0.252. The van der Waals surface area contributed by atoms with Gasteiger partial charge in [-0.15, -0.1) is 0 Å². The Morgan fingerprint density at radius 2 is 2.00 bits per heavy atom. The maximum Gasteiger partial charge on any atom is 0.129 e. The van der Waals surface area contributed by atoms with Crippen molar-refractivity contribution in [3.63, 3.8) is 0 Å². The van der Waals surface area contributed by atoms with E-state index in [1.807, 2.05) is 18.2 Å². The van der Waals surface area contributed by atoms with Gasteiger partial charge in [0.1, 0.15) is 11.9 Å². The summed E-state index contributed by atoms with van der Waals surface area (Å²) in [6.45, 7) is 3.90. The smallest absolute Gasteiger partial charge is 0.129 e. The summed E-state index contributed by atoms with van der Waals surface area (Å²) in [4.78, 5) is 0.